The molecular weight excluding hydrogens is 326 g/mol. The lowest BCUT2D eigenvalue weighted by atomic mass is 10.2. The number of hydrogen-bond acceptors (Lipinski definition) is 7. The van der Waals surface area contributed by atoms with Gasteiger partial charge >= 0.3 is 5.69 Å². The number of pyridine rings is 1. The summed E-state index contributed by atoms with van der Waals surface area (Å²) < 4.78 is 5.45. The van der Waals surface area contributed by atoms with E-state index in [1.54, 1.807) is 26.2 Å². The van der Waals surface area contributed by atoms with Crippen LogP contribution in [0.3, 0.4) is 0 Å². The number of nitro groups is 1. The molecule has 0 fully saturated rings. The van der Waals surface area contributed by atoms with Crippen LogP contribution in [0.2, 0.25) is 0 Å². The number of anilines is 2. The number of hydrogen-bond donors (Lipinski definition) is 2. The second kappa shape index (κ2) is 7.95. The van der Waals surface area contributed by atoms with E-state index in [9.17, 15) is 14.9 Å². The van der Waals surface area contributed by atoms with Crippen molar-refractivity contribution in [2.45, 2.75) is 6.54 Å². The molecule has 0 aliphatic rings. The minimum atomic E-state index is -0.581. The molecule has 9 nitrogen and oxygen atoms in total. The van der Waals surface area contributed by atoms with Crippen molar-refractivity contribution in [2.75, 3.05) is 31.8 Å². The van der Waals surface area contributed by atoms with E-state index >= 15 is 0 Å². The summed E-state index contributed by atoms with van der Waals surface area (Å²) in [4.78, 5) is 27.1. The fourth-order valence-electron chi connectivity index (χ4n) is 1.92. The lowest BCUT2D eigenvalue weighted by Gasteiger charge is -2.12. The van der Waals surface area contributed by atoms with Crippen molar-refractivity contribution in [1.82, 2.24) is 9.88 Å². The van der Waals surface area contributed by atoms with Gasteiger partial charge in [0.25, 0.3) is 5.91 Å². The molecular formula is C16H19N5O4. The zero-order valence-electron chi connectivity index (χ0n) is 13.9. The first-order chi connectivity index (χ1) is 11.9. The number of carbonyl (C=O) groups excluding carboxylic acids is 1. The molecule has 1 heterocycles. The predicted molar refractivity (Wildman–Crippen MR) is 93.3 cm³/mol. The summed E-state index contributed by atoms with van der Waals surface area (Å²) in [6, 6.07) is 8.65. The molecule has 0 radical (unpaired) electrons. The monoisotopic (exact) mass is 345 g/mol. The lowest BCUT2D eigenvalue weighted by Crippen LogP contribution is -2.27. The molecule has 25 heavy (non-hydrogen) atoms. The van der Waals surface area contributed by atoms with Crippen molar-refractivity contribution in [3.8, 4) is 5.75 Å². The Hall–Kier alpha value is -3.36. The Morgan fingerprint density at radius 1 is 1.40 bits per heavy atom. The summed E-state index contributed by atoms with van der Waals surface area (Å²) in [7, 11) is 3.32. The van der Waals surface area contributed by atoms with Crippen LogP contribution in [-0.2, 0) is 11.3 Å². The molecule has 3 N–H and O–H groups in total. The highest BCUT2D eigenvalue weighted by Crippen LogP contribution is 2.22. The van der Waals surface area contributed by atoms with Crippen molar-refractivity contribution in [2.24, 2.45) is 0 Å². The van der Waals surface area contributed by atoms with Crippen LogP contribution in [0.25, 0.3) is 0 Å². The number of ether oxygens (including phenoxy) is 1. The maximum atomic E-state index is 11.5. The van der Waals surface area contributed by atoms with E-state index in [-0.39, 0.29) is 23.9 Å². The van der Waals surface area contributed by atoms with Gasteiger partial charge in [-0.15, -0.1) is 0 Å². The number of carbonyl (C=O) groups is 1. The second-order valence-electron chi connectivity index (χ2n) is 5.46. The van der Waals surface area contributed by atoms with Gasteiger partial charge in [-0.25, -0.2) is 4.98 Å². The van der Waals surface area contributed by atoms with Crippen LogP contribution in [0, 0.1) is 10.1 Å². The Kier molecular flexibility index (Phi) is 5.72. The molecule has 0 aliphatic carbocycles. The van der Waals surface area contributed by atoms with Crippen LogP contribution < -0.4 is 15.8 Å². The number of amides is 1. The van der Waals surface area contributed by atoms with Crippen molar-refractivity contribution in [3.63, 3.8) is 0 Å². The number of nitrogen functional groups attached to an aromatic ring is 1. The predicted octanol–water partition coefficient (Wildman–Crippen LogP) is 1.65. The number of likely N-dealkylation sites (N-methyl/N-ethyl adjacent to an activating group) is 1. The minimum Gasteiger partial charge on any atom is -0.484 e. The molecule has 9 heteroatoms. The van der Waals surface area contributed by atoms with Gasteiger partial charge in [0.05, 0.1) is 4.92 Å². The molecule has 0 aliphatic heterocycles. The summed E-state index contributed by atoms with van der Waals surface area (Å²) >= 11 is 0. The van der Waals surface area contributed by atoms with Crippen LogP contribution in [0.4, 0.5) is 17.2 Å². The summed E-state index contributed by atoms with van der Waals surface area (Å²) in [5.41, 5.74) is 6.34. The lowest BCUT2D eigenvalue weighted by molar-refractivity contribution is -0.384. The first-order valence-electron chi connectivity index (χ1n) is 7.42. The SMILES string of the molecule is CN(C)C(=O)COc1cccc(CNc2cc(N)c([N+](=O)[O-])cn2)c1. The van der Waals surface area contributed by atoms with Crippen LogP contribution >= 0.6 is 0 Å². The Bertz CT molecular complexity index is 779. The highest BCUT2D eigenvalue weighted by Gasteiger charge is 2.12. The largest absolute Gasteiger partial charge is 0.484 e. The molecule has 0 saturated carbocycles. The Labute approximate surface area is 144 Å². The van der Waals surface area contributed by atoms with Crippen molar-refractivity contribution < 1.29 is 14.5 Å². The number of rotatable bonds is 7. The molecule has 2 aromatic rings. The third-order valence-electron chi connectivity index (χ3n) is 3.34. The minimum absolute atomic E-state index is 0.0374. The van der Waals surface area contributed by atoms with Gasteiger partial charge in [-0.2, -0.15) is 0 Å². The average molecular weight is 345 g/mol. The smallest absolute Gasteiger partial charge is 0.310 e. The Morgan fingerprint density at radius 2 is 2.16 bits per heavy atom. The average Bonchev–Trinajstić information content (AvgIpc) is 2.57. The van der Waals surface area contributed by atoms with Gasteiger partial charge in [0.2, 0.25) is 0 Å². The molecule has 132 valence electrons. The third-order valence-corrected chi connectivity index (χ3v) is 3.34. The van der Waals surface area contributed by atoms with E-state index in [0.717, 1.165) is 11.8 Å². The molecule has 0 bridgehead atoms. The van der Waals surface area contributed by atoms with Crippen LogP contribution in [0.1, 0.15) is 5.56 Å². The number of nitrogens with one attached hydrogen (secondary N) is 1. The molecule has 0 atom stereocenters. The zero-order valence-corrected chi connectivity index (χ0v) is 13.9. The molecule has 0 spiro atoms. The fourth-order valence-corrected chi connectivity index (χ4v) is 1.92. The van der Waals surface area contributed by atoms with Gasteiger partial charge in [0.15, 0.2) is 6.61 Å². The maximum Gasteiger partial charge on any atom is 0.310 e. The van der Waals surface area contributed by atoms with Gasteiger partial charge in [0, 0.05) is 26.7 Å². The van der Waals surface area contributed by atoms with Crippen molar-refractivity contribution >= 4 is 23.1 Å². The highest BCUT2D eigenvalue weighted by molar-refractivity contribution is 5.77. The van der Waals surface area contributed by atoms with Gasteiger partial charge in [-0.05, 0) is 17.7 Å². The normalized spacial score (nSPS) is 10.2. The van der Waals surface area contributed by atoms with E-state index in [2.05, 4.69) is 10.3 Å². The second-order valence-corrected chi connectivity index (χ2v) is 5.46. The number of benzene rings is 1. The Balaban J connectivity index is 1.97. The molecule has 0 saturated heterocycles. The summed E-state index contributed by atoms with van der Waals surface area (Å²) in [5, 5.41) is 13.8. The van der Waals surface area contributed by atoms with E-state index in [1.807, 2.05) is 12.1 Å². The van der Waals surface area contributed by atoms with Crippen molar-refractivity contribution in [1.29, 1.82) is 0 Å². The molecule has 0 unspecified atom stereocenters. The number of nitrogens with two attached hydrogens (primary N) is 1. The number of aromatic nitrogens is 1. The standard InChI is InChI=1S/C16H19N5O4/c1-20(2)16(22)10-25-12-5-3-4-11(6-12)8-18-15-7-13(17)14(9-19-15)21(23)24/h3-7,9H,8,10H2,1-2H3,(H3,17,18,19). The van der Waals surface area contributed by atoms with Gasteiger partial charge in [0.1, 0.15) is 23.5 Å². The van der Waals surface area contributed by atoms with E-state index in [0.29, 0.717) is 18.1 Å². The van der Waals surface area contributed by atoms with Crippen LogP contribution in [0.5, 0.6) is 5.75 Å². The highest BCUT2D eigenvalue weighted by atomic mass is 16.6. The van der Waals surface area contributed by atoms with E-state index in [4.69, 9.17) is 10.5 Å². The van der Waals surface area contributed by atoms with E-state index < -0.39 is 4.92 Å². The summed E-state index contributed by atoms with van der Waals surface area (Å²) in [6.07, 6.45) is 1.12. The van der Waals surface area contributed by atoms with Crippen LogP contribution in [0.15, 0.2) is 36.5 Å². The molecule has 1 amide bonds. The molecule has 2 rings (SSSR count). The first-order valence-corrected chi connectivity index (χ1v) is 7.42. The maximum absolute atomic E-state index is 11.5. The zero-order chi connectivity index (χ0) is 18.4. The van der Waals surface area contributed by atoms with Crippen LogP contribution in [-0.4, -0.2) is 41.4 Å². The summed E-state index contributed by atoms with van der Waals surface area (Å²) in [5.74, 6) is 0.872. The topological polar surface area (TPSA) is 124 Å². The molecule has 1 aromatic heterocycles. The number of nitrogens with zero attached hydrogens (tertiary/aromatic N) is 3. The quantitative estimate of drug-likeness (QED) is 0.577. The molecule has 1 aromatic carbocycles. The van der Waals surface area contributed by atoms with Gasteiger partial charge in [-0.1, -0.05) is 12.1 Å². The summed E-state index contributed by atoms with van der Waals surface area (Å²) in [6.45, 7) is 0.382. The third kappa shape index (κ3) is 5.06. The van der Waals surface area contributed by atoms with Gasteiger partial charge < -0.3 is 20.7 Å². The van der Waals surface area contributed by atoms with E-state index in [1.165, 1.54) is 11.0 Å². The Morgan fingerprint density at radius 3 is 2.80 bits per heavy atom. The van der Waals surface area contributed by atoms with Gasteiger partial charge in [-0.3, -0.25) is 14.9 Å². The fraction of sp³-hybridized carbons (Fsp3) is 0.250. The first kappa shape index (κ1) is 18.0. The van der Waals surface area contributed by atoms with Crippen molar-refractivity contribution in [3.05, 3.63) is 52.2 Å².